The second-order valence-corrected chi connectivity index (χ2v) is 6.46. The van der Waals surface area contributed by atoms with Crippen molar-refractivity contribution in [3.05, 3.63) is 53.1 Å². The van der Waals surface area contributed by atoms with Crippen LogP contribution in [0.25, 0.3) is 0 Å². The lowest BCUT2D eigenvalue weighted by Crippen LogP contribution is -2.28. The van der Waals surface area contributed by atoms with Crippen molar-refractivity contribution >= 4 is 5.91 Å². The molecular formula is C21H25NO4. The van der Waals surface area contributed by atoms with Crippen molar-refractivity contribution in [2.24, 2.45) is 0 Å². The van der Waals surface area contributed by atoms with Crippen molar-refractivity contribution in [1.82, 2.24) is 5.32 Å². The van der Waals surface area contributed by atoms with Gasteiger partial charge in [0, 0.05) is 24.1 Å². The second kappa shape index (κ2) is 8.13. The molecular weight excluding hydrogens is 330 g/mol. The summed E-state index contributed by atoms with van der Waals surface area (Å²) in [4.78, 5) is 12.1. The van der Waals surface area contributed by atoms with Crippen LogP contribution in [-0.2, 0) is 17.8 Å². The van der Waals surface area contributed by atoms with Gasteiger partial charge in [0.05, 0.1) is 6.61 Å². The number of benzene rings is 2. The van der Waals surface area contributed by atoms with E-state index < -0.39 is 0 Å². The standard InChI is InChI=1S/C21H25NO4/c1-4-24-19-10-16-9-15(3)26-20(16)11-17(19)12-22-21(23)13-25-18-8-6-5-7-14(18)2/h5-8,10-11,15H,4,9,12-13H2,1-3H3,(H,22,23)/t15-/m0/s1. The normalized spacial score (nSPS) is 15.1. The van der Waals surface area contributed by atoms with Crippen LogP contribution in [-0.4, -0.2) is 25.2 Å². The van der Waals surface area contributed by atoms with Gasteiger partial charge in [-0.3, -0.25) is 4.79 Å². The Morgan fingerprint density at radius 3 is 2.81 bits per heavy atom. The van der Waals surface area contributed by atoms with Crippen LogP contribution in [0.4, 0.5) is 0 Å². The van der Waals surface area contributed by atoms with Gasteiger partial charge in [0.1, 0.15) is 23.4 Å². The summed E-state index contributed by atoms with van der Waals surface area (Å²) in [5, 5.41) is 2.89. The van der Waals surface area contributed by atoms with Crippen molar-refractivity contribution in [2.75, 3.05) is 13.2 Å². The molecule has 0 bridgehead atoms. The summed E-state index contributed by atoms with van der Waals surface area (Å²) in [6.07, 6.45) is 1.05. The SMILES string of the molecule is CCOc1cc2c(cc1CNC(=O)COc1ccccc1C)O[C@@H](C)C2. The first-order chi connectivity index (χ1) is 12.6. The quantitative estimate of drug-likeness (QED) is 0.827. The van der Waals surface area contributed by atoms with Crippen LogP contribution in [0.2, 0.25) is 0 Å². The van der Waals surface area contributed by atoms with E-state index in [4.69, 9.17) is 14.2 Å². The van der Waals surface area contributed by atoms with Crippen LogP contribution in [0.3, 0.4) is 0 Å². The van der Waals surface area contributed by atoms with E-state index in [1.807, 2.05) is 57.2 Å². The summed E-state index contributed by atoms with van der Waals surface area (Å²) in [6.45, 7) is 6.87. The first-order valence-electron chi connectivity index (χ1n) is 8.97. The van der Waals surface area contributed by atoms with Crippen molar-refractivity contribution in [2.45, 2.75) is 39.8 Å². The van der Waals surface area contributed by atoms with Crippen LogP contribution in [0.1, 0.15) is 30.5 Å². The van der Waals surface area contributed by atoms with Gasteiger partial charge in [0.2, 0.25) is 0 Å². The lowest BCUT2D eigenvalue weighted by molar-refractivity contribution is -0.123. The number of hydrogen-bond acceptors (Lipinski definition) is 4. The molecule has 5 heteroatoms. The lowest BCUT2D eigenvalue weighted by Gasteiger charge is -2.14. The fourth-order valence-electron chi connectivity index (χ4n) is 3.02. The smallest absolute Gasteiger partial charge is 0.258 e. The third-order valence-electron chi connectivity index (χ3n) is 4.31. The van der Waals surface area contributed by atoms with E-state index >= 15 is 0 Å². The van der Waals surface area contributed by atoms with Crippen LogP contribution in [0.5, 0.6) is 17.2 Å². The molecule has 0 unspecified atom stereocenters. The van der Waals surface area contributed by atoms with Gasteiger partial charge in [-0.25, -0.2) is 0 Å². The van der Waals surface area contributed by atoms with Crippen molar-refractivity contribution in [3.8, 4) is 17.2 Å². The van der Waals surface area contributed by atoms with Crippen LogP contribution >= 0.6 is 0 Å². The first kappa shape index (κ1) is 18.1. The molecule has 1 aliphatic heterocycles. The number of nitrogens with one attached hydrogen (secondary N) is 1. The maximum absolute atomic E-state index is 12.1. The van der Waals surface area contributed by atoms with Gasteiger partial charge >= 0.3 is 0 Å². The van der Waals surface area contributed by atoms with Gasteiger partial charge in [-0.2, -0.15) is 0 Å². The molecule has 138 valence electrons. The van der Waals surface area contributed by atoms with Crippen LogP contribution in [0.15, 0.2) is 36.4 Å². The monoisotopic (exact) mass is 355 g/mol. The molecule has 3 rings (SSSR count). The Bertz CT molecular complexity index is 788. The van der Waals surface area contributed by atoms with Gasteiger partial charge in [0.25, 0.3) is 5.91 Å². The number of hydrogen-bond donors (Lipinski definition) is 1. The predicted molar refractivity (Wildman–Crippen MR) is 99.9 cm³/mol. The summed E-state index contributed by atoms with van der Waals surface area (Å²) in [5.41, 5.74) is 3.06. The summed E-state index contributed by atoms with van der Waals surface area (Å²) in [6, 6.07) is 11.6. The molecule has 0 saturated carbocycles. The first-order valence-corrected chi connectivity index (χ1v) is 8.97. The average molecular weight is 355 g/mol. The van der Waals surface area contributed by atoms with E-state index in [0.717, 1.165) is 40.4 Å². The number of fused-ring (bicyclic) bond motifs is 1. The number of amides is 1. The number of ether oxygens (including phenoxy) is 3. The topological polar surface area (TPSA) is 56.8 Å². The highest BCUT2D eigenvalue weighted by Crippen LogP contribution is 2.35. The highest BCUT2D eigenvalue weighted by molar-refractivity contribution is 5.77. The highest BCUT2D eigenvalue weighted by Gasteiger charge is 2.22. The molecule has 26 heavy (non-hydrogen) atoms. The fourth-order valence-corrected chi connectivity index (χ4v) is 3.02. The molecule has 1 aliphatic rings. The molecule has 0 saturated heterocycles. The zero-order valence-corrected chi connectivity index (χ0v) is 15.5. The molecule has 0 spiro atoms. The molecule has 1 N–H and O–H groups in total. The van der Waals surface area contributed by atoms with Gasteiger partial charge in [-0.05, 0) is 44.5 Å². The molecule has 1 heterocycles. The number of para-hydroxylation sites is 1. The van der Waals surface area contributed by atoms with Crippen LogP contribution in [0, 0.1) is 6.92 Å². The minimum atomic E-state index is -0.175. The number of aryl methyl sites for hydroxylation is 1. The van der Waals surface area contributed by atoms with E-state index in [-0.39, 0.29) is 18.6 Å². The zero-order valence-electron chi connectivity index (χ0n) is 15.5. The highest BCUT2D eigenvalue weighted by atomic mass is 16.5. The van der Waals surface area contributed by atoms with E-state index in [1.165, 1.54) is 0 Å². The second-order valence-electron chi connectivity index (χ2n) is 6.46. The zero-order chi connectivity index (χ0) is 18.5. The maximum atomic E-state index is 12.1. The van der Waals surface area contributed by atoms with E-state index in [1.54, 1.807) is 0 Å². The fraction of sp³-hybridized carbons (Fsp3) is 0.381. The van der Waals surface area contributed by atoms with Gasteiger partial charge in [-0.15, -0.1) is 0 Å². The van der Waals surface area contributed by atoms with E-state index in [2.05, 4.69) is 5.32 Å². The van der Waals surface area contributed by atoms with E-state index in [9.17, 15) is 4.79 Å². The van der Waals surface area contributed by atoms with Gasteiger partial charge in [0.15, 0.2) is 6.61 Å². The number of carbonyl (C=O) groups is 1. The average Bonchev–Trinajstić information content (AvgIpc) is 2.98. The molecule has 0 fully saturated rings. The molecule has 0 aliphatic carbocycles. The van der Waals surface area contributed by atoms with Gasteiger partial charge < -0.3 is 19.5 Å². The Balaban J connectivity index is 1.61. The molecule has 2 aromatic carbocycles. The Morgan fingerprint density at radius 2 is 2.04 bits per heavy atom. The number of rotatable bonds is 7. The Morgan fingerprint density at radius 1 is 1.23 bits per heavy atom. The number of carbonyl (C=O) groups excluding carboxylic acids is 1. The molecule has 5 nitrogen and oxygen atoms in total. The molecule has 0 radical (unpaired) electrons. The summed E-state index contributed by atoms with van der Waals surface area (Å²) in [5.74, 6) is 2.22. The summed E-state index contributed by atoms with van der Waals surface area (Å²) in [7, 11) is 0. The third kappa shape index (κ3) is 4.28. The summed E-state index contributed by atoms with van der Waals surface area (Å²) < 4.78 is 17.1. The molecule has 1 amide bonds. The Hall–Kier alpha value is -2.69. The molecule has 1 atom stereocenters. The maximum Gasteiger partial charge on any atom is 0.258 e. The Labute approximate surface area is 154 Å². The predicted octanol–water partition coefficient (Wildman–Crippen LogP) is 3.41. The third-order valence-corrected chi connectivity index (χ3v) is 4.31. The van der Waals surface area contributed by atoms with Gasteiger partial charge in [-0.1, -0.05) is 18.2 Å². The summed E-state index contributed by atoms with van der Waals surface area (Å²) >= 11 is 0. The minimum Gasteiger partial charge on any atom is -0.494 e. The molecule has 0 aromatic heterocycles. The molecule has 2 aromatic rings. The largest absolute Gasteiger partial charge is 0.494 e. The van der Waals surface area contributed by atoms with Crippen LogP contribution < -0.4 is 19.5 Å². The lowest BCUT2D eigenvalue weighted by atomic mass is 10.1. The van der Waals surface area contributed by atoms with Crippen molar-refractivity contribution < 1.29 is 19.0 Å². The van der Waals surface area contributed by atoms with Crippen molar-refractivity contribution in [3.63, 3.8) is 0 Å². The van der Waals surface area contributed by atoms with E-state index in [0.29, 0.717) is 13.2 Å². The minimum absolute atomic E-state index is 0.0205. The Kier molecular flexibility index (Phi) is 5.66. The van der Waals surface area contributed by atoms with Crippen molar-refractivity contribution in [1.29, 1.82) is 0 Å².